The Morgan fingerprint density at radius 1 is 1.05 bits per heavy atom. The molecule has 1 aliphatic heterocycles. The first kappa shape index (κ1) is 15.8. The van der Waals surface area contributed by atoms with Crippen LogP contribution in [0.5, 0.6) is 0 Å². The second-order valence-electron chi connectivity index (χ2n) is 5.63. The van der Waals surface area contributed by atoms with E-state index in [4.69, 9.17) is 5.11 Å². The number of piperazine rings is 1. The Morgan fingerprint density at radius 2 is 1.58 bits per heavy atom. The second kappa shape index (κ2) is 6.75. The van der Waals surface area contributed by atoms with Crippen molar-refractivity contribution in [2.45, 2.75) is 39.8 Å². The van der Waals surface area contributed by atoms with Gasteiger partial charge in [0.2, 0.25) is 0 Å². The summed E-state index contributed by atoms with van der Waals surface area (Å²) in [5.41, 5.74) is 0. The lowest BCUT2D eigenvalue weighted by Gasteiger charge is -2.37. The summed E-state index contributed by atoms with van der Waals surface area (Å²) in [4.78, 5) is 27.1. The van der Waals surface area contributed by atoms with Crippen LogP contribution in [0.4, 0.5) is 4.79 Å². The Morgan fingerprint density at radius 3 is 1.95 bits per heavy atom. The first-order chi connectivity index (χ1) is 8.82. The van der Waals surface area contributed by atoms with E-state index in [-0.39, 0.29) is 11.9 Å². The molecule has 2 N–H and O–H groups in total. The van der Waals surface area contributed by atoms with Gasteiger partial charge in [0.15, 0.2) is 0 Å². The molecule has 0 bridgehead atoms. The molecule has 0 saturated carbocycles. The standard InChI is InChI=1S/C13H25N3O3/c1-9(2)11(12(17)18)14-13(19)16-7-5-15(6-8-16)10(3)4/h9-11H,5-8H2,1-4H3,(H,14,19)(H,17,18)/t11-/m1/s1. The van der Waals surface area contributed by atoms with E-state index in [1.807, 2.05) is 0 Å². The molecule has 1 fully saturated rings. The van der Waals surface area contributed by atoms with Crippen LogP contribution in [0.15, 0.2) is 0 Å². The van der Waals surface area contributed by atoms with Crippen LogP contribution in [0.3, 0.4) is 0 Å². The minimum atomic E-state index is -0.982. The van der Waals surface area contributed by atoms with Gasteiger partial charge in [0.05, 0.1) is 0 Å². The monoisotopic (exact) mass is 271 g/mol. The molecule has 0 spiro atoms. The van der Waals surface area contributed by atoms with E-state index in [0.29, 0.717) is 19.1 Å². The summed E-state index contributed by atoms with van der Waals surface area (Å²) in [6, 6.07) is -0.618. The van der Waals surface area contributed by atoms with Gasteiger partial charge in [0.25, 0.3) is 0 Å². The van der Waals surface area contributed by atoms with Crippen molar-refractivity contribution in [2.24, 2.45) is 5.92 Å². The number of nitrogens with one attached hydrogen (secondary N) is 1. The molecule has 1 heterocycles. The van der Waals surface area contributed by atoms with Crippen LogP contribution in [-0.4, -0.2) is 65.2 Å². The highest BCUT2D eigenvalue weighted by molar-refractivity contribution is 5.82. The summed E-state index contributed by atoms with van der Waals surface area (Å²) in [6.45, 7) is 10.8. The lowest BCUT2D eigenvalue weighted by molar-refractivity contribution is -0.140. The van der Waals surface area contributed by atoms with Crippen LogP contribution in [0.2, 0.25) is 0 Å². The summed E-state index contributed by atoms with van der Waals surface area (Å²) in [6.07, 6.45) is 0. The van der Waals surface area contributed by atoms with Crippen molar-refractivity contribution in [1.29, 1.82) is 0 Å². The van der Waals surface area contributed by atoms with Crippen molar-refractivity contribution in [3.05, 3.63) is 0 Å². The molecule has 110 valence electrons. The molecule has 6 nitrogen and oxygen atoms in total. The fourth-order valence-electron chi connectivity index (χ4n) is 2.18. The van der Waals surface area contributed by atoms with E-state index >= 15 is 0 Å². The van der Waals surface area contributed by atoms with Gasteiger partial charge in [0, 0.05) is 32.2 Å². The van der Waals surface area contributed by atoms with Gasteiger partial charge in [-0.25, -0.2) is 9.59 Å². The number of carbonyl (C=O) groups excluding carboxylic acids is 1. The van der Waals surface area contributed by atoms with Gasteiger partial charge in [0.1, 0.15) is 6.04 Å². The predicted octanol–water partition coefficient (Wildman–Crippen LogP) is 0.831. The molecule has 0 aromatic heterocycles. The maximum absolute atomic E-state index is 12.0. The first-order valence-corrected chi connectivity index (χ1v) is 6.85. The number of carboxylic acids is 1. The molecule has 0 unspecified atom stereocenters. The minimum Gasteiger partial charge on any atom is -0.480 e. The highest BCUT2D eigenvalue weighted by Gasteiger charge is 2.28. The number of hydrogen-bond donors (Lipinski definition) is 2. The van der Waals surface area contributed by atoms with Crippen molar-refractivity contribution in [1.82, 2.24) is 15.1 Å². The lowest BCUT2D eigenvalue weighted by atomic mass is 10.1. The minimum absolute atomic E-state index is 0.126. The average molecular weight is 271 g/mol. The van der Waals surface area contributed by atoms with E-state index in [1.54, 1.807) is 18.7 Å². The van der Waals surface area contributed by atoms with E-state index in [0.717, 1.165) is 13.1 Å². The number of rotatable bonds is 4. The van der Waals surface area contributed by atoms with Crippen molar-refractivity contribution >= 4 is 12.0 Å². The van der Waals surface area contributed by atoms with Gasteiger partial charge in [-0.3, -0.25) is 4.90 Å². The van der Waals surface area contributed by atoms with Gasteiger partial charge < -0.3 is 15.3 Å². The van der Waals surface area contributed by atoms with E-state index in [2.05, 4.69) is 24.1 Å². The van der Waals surface area contributed by atoms with Crippen molar-refractivity contribution in [3.8, 4) is 0 Å². The lowest BCUT2D eigenvalue weighted by Crippen LogP contribution is -2.56. The summed E-state index contributed by atoms with van der Waals surface area (Å²) < 4.78 is 0. The smallest absolute Gasteiger partial charge is 0.326 e. The van der Waals surface area contributed by atoms with Gasteiger partial charge in [-0.15, -0.1) is 0 Å². The van der Waals surface area contributed by atoms with Crippen LogP contribution in [0, 0.1) is 5.92 Å². The van der Waals surface area contributed by atoms with Crippen LogP contribution in [0.1, 0.15) is 27.7 Å². The molecule has 1 saturated heterocycles. The molecule has 0 aromatic rings. The van der Waals surface area contributed by atoms with Gasteiger partial charge in [-0.2, -0.15) is 0 Å². The topological polar surface area (TPSA) is 72.9 Å². The molecule has 1 atom stereocenters. The number of urea groups is 1. The van der Waals surface area contributed by atoms with Gasteiger partial charge in [-0.1, -0.05) is 13.8 Å². The molecular formula is C13H25N3O3. The predicted molar refractivity (Wildman–Crippen MR) is 73.1 cm³/mol. The Balaban J connectivity index is 2.49. The molecular weight excluding hydrogens is 246 g/mol. The highest BCUT2D eigenvalue weighted by Crippen LogP contribution is 2.08. The Bertz CT molecular complexity index is 323. The fraction of sp³-hybridized carbons (Fsp3) is 0.846. The SMILES string of the molecule is CC(C)[C@@H](NC(=O)N1CCN(C(C)C)CC1)C(=O)O. The fourth-order valence-corrected chi connectivity index (χ4v) is 2.18. The highest BCUT2D eigenvalue weighted by atomic mass is 16.4. The Hall–Kier alpha value is -1.30. The van der Waals surface area contributed by atoms with E-state index in [9.17, 15) is 9.59 Å². The molecule has 1 rings (SSSR count). The molecule has 0 aliphatic carbocycles. The molecule has 2 amide bonds. The number of nitrogens with zero attached hydrogens (tertiary/aromatic N) is 2. The third-order valence-corrected chi connectivity index (χ3v) is 3.54. The number of carbonyl (C=O) groups is 2. The van der Waals surface area contributed by atoms with Crippen molar-refractivity contribution < 1.29 is 14.7 Å². The number of hydrogen-bond acceptors (Lipinski definition) is 3. The zero-order valence-corrected chi connectivity index (χ0v) is 12.2. The second-order valence-corrected chi connectivity index (χ2v) is 5.63. The maximum Gasteiger partial charge on any atom is 0.326 e. The van der Waals surface area contributed by atoms with Crippen LogP contribution in [-0.2, 0) is 4.79 Å². The summed E-state index contributed by atoms with van der Waals surface area (Å²) >= 11 is 0. The van der Waals surface area contributed by atoms with Gasteiger partial charge in [-0.05, 0) is 19.8 Å². The third kappa shape index (κ3) is 4.38. The molecule has 1 aliphatic rings. The molecule has 0 radical (unpaired) electrons. The molecule has 0 aromatic carbocycles. The van der Waals surface area contributed by atoms with Crippen molar-refractivity contribution in [3.63, 3.8) is 0 Å². The van der Waals surface area contributed by atoms with Crippen molar-refractivity contribution in [2.75, 3.05) is 26.2 Å². The van der Waals surface area contributed by atoms with E-state index in [1.165, 1.54) is 0 Å². The first-order valence-electron chi connectivity index (χ1n) is 6.85. The summed E-state index contributed by atoms with van der Waals surface area (Å²) in [5, 5.41) is 11.7. The maximum atomic E-state index is 12.0. The Labute approximate surface area is 114 Å². The van der Waals surface area contributed by atoms with Crippen LogP contribution < -0.4 is 5.32 Å². The largest absolute Gasteiger partial charge is 0.480 e. The summed E-state index contributed by atoms with van der Waals surface area (Å²) in [5.74, 6) is -1.11. The van der Waals surface area contributed by atoms with E-state index < -0.39 is 12.0 Å². The number of aliphatic carboxylic acids is 1. The van der Waals surface area contributed by atoms with Gasteiger partial charge >= 0.3 is 12.0 Å². The quantitative estimate of drug-likeness (QED) is 0.794. The normalized spacial score (nSPS) is 18.7. The zero-order chi connectivity index (χ0) is 14.6. The summed E-state index contributed by atoms with van der Waals surface area (Å²) in [7, 11) is 0. The number of carboxylic acid groups (broad SMARTS) is 1. The Kier molecular flexibility index (Phi) is 5.60. The van der Waals surface area contributed by atoms with Crippen LogP contribution in [0.25, 0.3) is 0 Å². The number of amides is 2. The molecule has 6 heteroatoms. The average Bonchev–Trinajstić information content (AvgIpc) is 2.34. The zero-order valence-electron chi connectivity index (χ0n) is 12.2. The van der Waals surface area contributed by atoms with Crippen LogP contribution >= 0.6 is 0 Å². The molecule has 19 heavy (non-hydrogen) atoms. The third-order valence-electron chi connectivity index (χ3n) is 3.54.